The maximum Gasteiger partial charge on any atom is 2.00 e. The molecule has 3 heteroatoms. The zero-order valence-electron chi connectivity index (χ0n) is 10.1. The van der Waals surface area contributed by atoms with Crippen LogP contribution in [0.15, 0.2) is 54.7 Å². The Kier molecular flexibility index (Phi) is 24.3. The molecular formula is C15H15Cl2Ti-3. The molecule has 3 aliphatic rings. The van der Waals surface area contributed by atoms with E-state index in [4.69, 9.17) is 0 Å². The van der Waals surface area contributed by atoms with Crippen molar-refractivity contribution in [1.29, 1.82) is 0 Å². The van der Waals surface area contributed by atoms with Gasteiger partial charge in [0.15, 0.2) is 0 Å². The number of halogens is 2. The van der Waals surface area contributed by atoms with Crippen LogP contribution in [0.5, 0.6) is 0 Å². The first kappa shape index (κ1) is 22.9. The van der Waals surface area contributed by atoms with E-state index in [1.165, 1.54) is 0 Å². The molecule has 0 radical (unpaired) electrons. The minimum Gasteiger partial charge on any atom is -1.00 e. The predicted molar refractivity (Wildman–Crippen MR) is 64.7 cm³/mol. The number of hydrogen-bond donors (Lipinski definition) is 0. The van der Waals surface area contributed by atoms with Gasteiger partial charge in [-0.05, 0) is 0 Å². The third kappa shape index (κ3) is 15.7. The van der Waals surface area contributed by atoms with Gasteiger partial charge < -0.3 is 24.8 Å². The summed E-state index contributed by atoms with van der Waals surface area (Å²) in [5.41, 5.74) is 0. The third-order valence-electron chi connectivity index (χ3n) is 1.76. The molecule has 0 bridgehead atoms. The molecule has 0 aromatic carbocycles. The molecule has 3 rings (SSSR count). The topological polar surface area (TPSA) is 0 Å². The Bertz CT molecular complexity index is 241. The van der Waals surface area contributed by atoms with E-state index in [1.807, 2.05) is 36.5 Å². The Hall–Kier alpha value is -0.266. The Balaban J connectivity index is -0.000000173. The van der Waals surface area contributed by atoms with Crippen molar-refractivity contribution in [2.24, 2.45) is 0 Å². The Labute approximate surface area is 138 Å². The fourth-order valence-electron chi connectivity index (χ4n) is 1.02. The van der Waals surface area contributed by atoms with Crippen LogP contribution in [-0.4, -0.2) is 0 Å². The van der Waals surface area contributed by atoms with E-state index in [2.05, 4.69) is 36.5 Å². The first-order valence-corrected chi connectivity index (χ1v) is 5.15. The van der Waals surface area contributed by atoms with Crippen LogP contribution in [0.3, 0.4) is 0 Å². The Morgan fingerprint density at radius 2 is 0.833 bits per heavy atom. The summed E-state index contributed by atoms with van der Waals surface area (Å²) in [5.74, 6) is 0. The average Bonchev–Trinajstić information content (AvgIpc) is 3.09. The molecule has 0 saturated carbocycles. The smallest absolute Gasteiger partial charge is 1.00 e. The van der Waals surface area contributed by atoms with Crippen molar-refractivity contribution in [3.05, 3.63) is 72.9 Å². The van der Waals surface area contributed by atoms with Crippen molar-refractivity contribution in [2.45, 2.75) is 19.3 Å². The molecular weight excluding hydrogens is 299 g/mol. The van der Waals surface area contributed by atoms with E-state index < -0.39 is 0 Å². The van der Waals surface area contributed by atoms with Gasteiger partial charge in [0.25, 0.3) is 0 Å². The zero-order valence-corrected chi connectivity index (χ0v) is 13.1. The van der Waals surface area contributed by atoms with Gasteiger partial charge in [0.05, 0.1) is 0 Å². The quantitative estimate of drug-likeness (QED) is 0.356. The van der Waals surface area contributed by atoms with Crippen LogP contribution in [0.2, 0.25) is 0 Å². The van der Waals surface area contributed by atoms with E-state index >= 15 is 0 Å². The van der Waals surface area contributed by atoms with Crippen LogP contribution in [0, 0.1) is 18.2 Å². The van der Waals surface area contributed by atoms with Gasteiger partial charge in [-0.2, -0.15) is 18.2 Å². The maximum absolute atomic E-state index is 2.99. The summed E-state index contributed by atoms with van der Waals surface area (Å²) in [7, 11) is 0. The van der Waals surface area contributed by atoms with E-state index in [0.29, 0.717) is 0 Å². The van der Waals surface area contributed by atoms with Crippen LogP contribution in [0.4, 0.5) is 0 Å². The van der Waals surface area contributed by atoms with Crippen molar-refractivity contribution in [3.8, 4) is 0 Å². The molecule has 0 heterocycles. The van der Waals surface area contributed by atoms with Gasteiger partial charge in [0, 0.05) is 0 Å². The van der Waals surface area contributed by atoms with Crippen molar-refractivity contribution in [1.82, 2.24) is 0 Å². The summed E-state index contributed by atoms with van der Waals surface area (Å²) in [6, 6.07) is 0. The molecule has 0 unspecified atom stereocenters. The van der Waals surface area contributed by atoms with Crippen molar-refractivity contribution >= 4 is 0 Å². The van der Waals surface area contributed by atoms with Crippen LogP contribution in [0.25, 0.3) is 0 Å². The van der Waals surface area contributed by atoms with E-state index in [0.717, 1.165) is 19.3 Å². The van der Waals surface area contributed by atoms with Crippen LogP contribution in [-0.2, 0) is 21.7 Å². The van der Waals surface area contributed by atoms with Gasteiger partial charge in [0.1, 0.15) is 0 Å². The second kappa shape index (κ2) is 19.1. The summed E-state index contributed by atoms with van der Waals surface area (Å²) in [4.78, 5) is 0. The SMILES string of the molecule is [C-]1=CC=CC1.[C-]1=CC=CC1.[C-]1=CC=CC1.[Cl-].[Cl-].[Ti+2]. The monoisotopic (exact) mass is 313 g/mol. The van der Waals surface area contributed by atoms with Gasteiger partial charge in [-0.15, -0.1) is 19.3 Å². The molecule has 0 nitrogen and oxygen atoms in total. The fraction of sp³-hybridized carbons (Fsp3) is 0.200. The molecule has 0 aromatic rings. The molecule has 0 amide bonds. The zero-order chi connectivity index (χ0) is 10.6. The normalized spacial score (nSPS) is 14.7. The van der Waals surface area contributed by atoms with E-state index in [9.17, 15) is 0 Å². The van der Waals surface area contributed by atoms with Crippen LogP contribution < -0.4 is 24.8 Å². The van der Waals surface area contributed by atoms with Crippen LogP contribution >= 0.6 is 0 Å². The average molecular weight is 314 g/mol. The van der Waals surface area contributed by atoms with Crippen molar-refractivity contribution in [3.63, 3.8) is 0 Å². The molecule has 18 heavy (non-hydrogen) atoms. The molecule has 0 saturated heterocycles. The summed E-state index contributed by atoms with van der Waals surface area (Å²) in [6.07, 6.45) is 30.0. The molecule has 96 valence electrons. The molecule has 3 aliphatic carbocycles. The third-order valence-corrected chi connectivity index (χ3v) is 1.76. The summed E-state index contributed by atoms with van der Waals surface area (Å²) in [5, 5.41) is 0. The van der Waals surface area contributed by atoms with Crippen LogP contribution in [0.1, 0.15) is 19.3 Å². The summed E-state index contributed by atoms with van der Waals surface area (Å²) < 4.78 is 0. The molecule has 0 aliphatic heterocycles. The maximum atomic E-state index is 2.99. The van der Waals surface area contributed by atoms with Gasteiger partial charge >= 0.3 is 21.7 Å². The number of rotatable bonds is 0. The largest absolute Gasteiger partial charge is 2.00 e. The van der Waals surface area contributed by atoms with Crippen molar-refractivity contribution < 1.29 is 46.5 Å². The second-order valence-electron chi connectivity index (χ2n) is 3.01. The Morgan fingerprint density at radius 1 is 0.556 bits per heavy atom. The first-order chi connectivity index (χ1) is 7.50. The molecule has 0 spiro atoms. The molecule has 0 atom stereocenters. The van der Waals surface area contributed by atoms with Gasteiger partial charge in [-0.3, -0.25) is 18.2 Å². The fourth-order valence-corrected chi connectivity index (χ4v) is 1.02. The molecule has 0 aromatic heterocycles. The number of hydrogen-bond acceptors (Lipinski definition) is 0. The molecule has 0 fully saturated rings. The second-order valence-corrected chi connectivity index (χ2v) is 3.01. The molecule has 0 N–H and O–H groups in total. The minimum atomic E-state index is 0. The number of allylic oxidation sites excluding steroid dienone is 12. The van der Waals surface area contributed by atoms with Gasteiger partial charge in [0.2, 0.25) is 0 Å². The minimum absolute atomic E-state index is 0. The first-order valence-electron chi connectivity index (χ1n) is 5.15. The van der Waals surface area contributed by atoms with E-state index in [-0.39, 0.29) is 46.5 Å². The summed E-state index contributed by atoms with van der Waals surface area (Å²) in [6.45, 7) is 0. The van der Waals surface area contributed by atoms with Crippen molar-refractivity contribution in [2.75, 3.05) is 0 Å². The Morgan fingerprint density at radius 3 is 0.889 bits per heavy atom. The standard InChI is InChI=1S/3C5H5.2ClH.Ti/c3*1-2-4-5-3-1;;;/h3*1-3H,4H2;2*1H;/q3*-1;;;+2/p-2. The van der Waals surface area contributed by atoms with E-state index in [1.54, 1.807) is 0 Å². The van der Waals surface area contributed by atoms with Gasteiger partial charge in [-0.25, -0.2) is 36.5 Å². The predicted octanol–water partition coefficient (Wildman–Crippen LogP) is -2.08. The summed E-state index contributed by atoms with van der Waals surface area (Å²) >= 11 is 0. The van der Waals surface area contributed by atoms with Gasteiger partial charge in [-0.1, -0.05) is 0 Å².